The van der Waals surface area contributed by atoms with Gasteiger partial charge in [-0.3, -0.25) is 14.4 Å². The second-order valence-electron chi connectivity index (χ2n) is 19.9. The normalized spacial score (nSPS) is 12.7. The Morgan fingerprint density at radius 3 is 0.873 bits per heavy atom. The van der Waals surface area contributed by atoms with E-state index < -0.39 is 6.10 Å². The molecule has 1 unspecified atom stereocenters. The van der Waals surface area contributed by atoms with Gasteiger partial charge < -0.3 is 14.2 Å². The van der Waals surface area contributed by atoms with E-state index in [0.717, 1.165) is 109 Å². The van der Waals surface area contributed by atoms with Gasteiger partial charge in [0.2, 0.25) is 0 Å². The average Bonchev–Trinajstić information content (AvgIpc) is 3.37. The Labute approximate surface area is 439 Å². The average molecular weight is 990 g/mol. The van der Waals surface area contributed by atoms with Crippen LogP contribution in [0.5, 0.6) is 0 Å². The van der Waals surface area contributed by atoms with Crippen LogP contribution < -0.4 is 0 Å². The van der Waals surface area contributed by atoms with Gasteiger partial charge in [-0.2, -0.15) is 0 Å². The summed E-state index contributed by atoms with van der Waals surface area (Å²) in [4.78, 5) is 38.1. The molecule has 0 aliphatic heterocycles. The third-order valence-corrected chi connectivity index (χ3v) is 12.9. The van der Waals surface area contributed by atoms with E-state index in [1.54, 1.807) is 0 Å². The third-order valence-electron chi connectivity index (χ3n) is 12.9. The van der Waals surface area contributed by atoms with Gasteiger partial charge in [0.25, 0.3) is 0 Å². The summed E-state index contributed by atoms with van der Waals surface area (Å²) < 4.78 is 16.8. The largest absolute Gasteiger partial charge is 0.462 e. The van der Waals surface area contributed by atoms with E-state index in [2.05, 4.69) is 106 Å². The third kappa shape index (κ3) is 57.4. The number of hydrogen-bond acceptors (Lipinski definition) is 6. The van der Waals surface area contributed by atoms with Gasteiger partial charge in [-0.05, 0) is 96.3 Å². The zero-order valence-corrected chi connectivity index (χ0v) is 46.7. The van der Waals surface area contributed by atoms with Crippen LogP contribution in [0.4, 0.5) is 0 Å². The minimum absolute atomic E-state index is 0.0782. The highest BCUT2D eigenvalue weighted by Gasteiger charge is 2.19. The molecule has 0 fully saturated rings. The van der Waals surface area contributed by atoms with E-state index >= 15 is 0 Å². The Balaban J connectivity index is 4.19. The molecule has 0 saturated carbocycles. The van der Waals surface area contributed by atoms with Gasteiger partial charge in [0.15, 0.2) is 6.10 Å². The molecule has 0 aromatic heterocycles. The summed E-state index contributed by atoms with van der Waals surface area (Å²) in [6.07, 6.45) is 77.3. The molecule has 0 amide bonds. The second-order valence-corrected chi connectivity index (χ2v) is 19.9. The SMILES string of the molecule is CC/C=C\C/C=C\C/C=C\C/C=C\C/C=C\C/C=C\CCCCCCCCCCCCC(=O)OCC(COC(=O)CCCCCCCCCCC)OC(=O)CCCCCCC/C=C\CCCCCCCC. The van der Waals surface area contributed by atoms with Crippen molar-refractivity contribution >= 4 is 17.9 Å². The molecule has 71 heavy (non-hydrogen) atoms. The summed E-state index contributed by atoms with van der Waals surface area (Å²) in [6, 6.07) is 0. The summed E-state index contributed by atoms with van der Waals surface area (Å²) in [7, 11) is 0. The number of allylic oxidation sites excluding steroid dienone is 14. The van der Waals surface area contributed by atoms with Crippen LogP contribution in [0.2, 0.25) is 0 Å². The van der Waals surface area contributed by atoms with Crippen LogP contribution in [0.25, 0.3) is 0 Å². The number of ether oxygens (including phenoxy) is 3. The first-order valence-corrected chi connectivity index (χ1v) is 30.1. The van der Waals surface area contributed by atoms with Crippen molar-refractivity contribution in [3.63, 3.8) is 0 Å². The minimum Gasteiger partial charge on any atom is -0.462 e. The summed E-state index contributed by atoms with van der Waals surface area (Å²) >= 11 is 0. The van der Waals surface area contributed by atoms with Crippen LogP contribution >= 0.6 is 0 Å². The van der Waals surface area contributed by atoms with Crippen LogP contribution in [-0.4, -0.2) is 37.2 Å². The Bertz CT molecular complexity index is 1370. The van der Waals surface area contributed by atoms with E-state index in [-0.39, 0.29) is 31.1 Å². The number of carbonyl (C=O) groups excluding carboxylic acids is 3. The Hall–Kier alpha value is -3.41. The van der Waals surface area contributed by atoms with E-state index in [1.807, 2.05) is 0 Å². The van der Waals surface area contributed by atoms with E-state index in [4.69, 9.17) is 14.2 Å². The molecule has 6 heteroatoms. The van der Waals surface area contributed by atoms with Crippen LogP contribution in [0, 0.1) is 0 Å². The van der Waals surface area contributed by atoms with E-state index in [9.17, 15) is 14.4 Å². The zero-order valence-electron chi connectivity index (χ0n) is 46.7. The number of esters is 3. The molecule has 0 radical (unpaired) electrons. The first-order valence-electron chi connectivity index (χ1n) is 30.1. The predicted molar refractivity (Wildman–Crippen MR) is 307 cm³/mol. The summed E-state index contributed by atoms with van der Waals surface area (Å²) in [5.74, 6) is -0.887. The minimum atomic E-state index is -0.779. The van der Waals surface area contributed by atoms with Gasteiger partial charge in [-0.15, -0.1) is 0 Å². The van der Waals surface area contributed by atoms with Crippen molar-refractivity contribution in [3.05, 3.63) is 85.1 Å². The summed E-state index contributed by atoms with van der Waals surface area (Å²) in [5.41, 5.74) is 0. The van der Waals surface area contributed by atoms with Crippen LogP contribution in [0.1, 0.15) is 290 Å². The maximum absolute atomic E-state index is 12.8. The van der Waals surface area contributed by atoms with Gasteiger partial charge in [-0.1, -0.05) is 260 Å². The highest BCUT2D eigenvalue weighted by molar-refractivity contribution is 5.71. The van der Waals surface area contributed by atoms with Gasteiger partial charge >= 0.3 is 17.9 Å². The quantitative estimate of drug-likeness (QED) is 0.0261. The topological polar surface area (TPSA) is 78.9 Å². The second kappa shape index (κ2) is 59.2. The summed E-state index contributed by atoms with van der Waals surface area (Å²) in [5, 5.41) is 0. The fourth-order valence-corrected chi connectivity index (χ4v) is 8.38. The van der Waals surface area contributed by atoms with Gasteiger partial charge in [0.05, 0.1) is 0 Å². The molecule has 0 heterocycles. The molecule has 0 saturated heterocycles. The molecule has 0 bridgehead atoms. The Kier molecular flexibility index (Phi) is 56.3. The molecule has 408 valence electrons. The van der Waals surface area contributed by atoms with Crippen molar-refractivity contribution in [1.29, 1.82) is 0 Å². The van der Waals surface area contributed by atoms with Gasteiger partial charge in [0, 0.05) is 19.3 Å². The first-order chi connectivity index (χ1) is 35.0. The molecule has 0 spiro atoms. The first kappa shape index (κ1) is 67.6. The maximum Gasteiger partial charge on any atom is 0.306 e. The number of carbonyl (C=O) groups is 3. The number of rotatable bonds is 54. The van der Waals surface area contributed by atoms with Crippen molar-refractivity contribution in [2.24, 2.45) is 0 Å². The van der Waals surface area contributed by atoms with Crippen molar-refractivity contribution < 1.29 is 28.6 Å². The van der Waals surface area contributed by atoms with Crippen molar-refractivity contribution in [1.82, 2.24) is 0 Å². The van der Waals surface area contributed by atoms with E-state index in [1.165, 1.54) is 141 Å². The molecule has 0 aromatic rings. The molecule has 0 rings (SSSR count). The smallest absolute Gasteiger partial charge is 0.306 e. The molecule has 1 atom stereocenters. The van der Waals surface area contributed by atoms with Crippen molar-refractivity contribution in [2.45, 2.75) is 297 Å². The van der Waals surface area contributed by atoms with Gasteiger partial charge in [0.1, 0.15) is 13.2 Å². The lowest BCUT2D eigenvalue weighted by atomic mass is 10.1. The highest BCUT2D eigenvalue weighted by Crippen LogP contribution is 2.15. The number of unbranched alkanes of at least 4 members (excludes halogenated alkanes) is 29. The van der Waals surface area contributed by atoms with Crippen molar-refractivity contribution in [3.8, 4) is 0 Å². The monoisotopic (exact) mass is 989 g/mol. The predicted octanol–water partition coefficient (Wildman–Crippen LogP) is 20.3. The lowest BCUT2D eigenvalue weighted by Crippen LogP contribution is -2.30. The molecular formula is C65H112O6. The lowest BCUT2D eigenvalue weighted by Gasteiger charge is -2.18. The fraction of sp³-hybridized carbons (Fsp3) is 0.738. The Morgan fingerprint density at radius 2 is 0.549 bits per heavy atom. The zero-order chi connectivity index (χ0) is 51.4. The molecule has 0 aromatic carbocycles. The van der Waals surface area contributed by atoms with Gasteiger partial charge in [-0.25, -0.2) is 0 Å². The molecule has 0 aliphatic rings. The summed E-state index contributed by atoms with van der Waals surface area (Å²) in [6.45, 7) is 6.51. The molecule has 0 aliphatic carbocycles. The van der Waals surface area contributed by atoms with E-state index in [0.29, 0.717) is 19.3 Å². The molecule has 0 N–H and O–H groups in total. The maximum atomic E-state index is 12.8. The fourth-order valence-electron chi connectivity index (χ4n) is 8.38. The molecular weight excluding hydrogens is 877 g/mol. The standard InChI is InChI=1S/C65H112O6/c1-4-7-10-13-16-19-21-23-25-26-27-28-29-30-31-32-33-34-35-36-37-38-40-41-43-46-49-52-55-58-64(67)70-61-62(60-69-63(66)57-54-51-48-45-18-15-12-9-6-3)71-65(68)59-56-53-50-47-44-42-39-24-22-20-17-14-11-8-5-2/h7,10,16,19,23-25,27-28,30-31,33-34,39,62H,4-6,8-9,11-15,17-18,20-22,26,29,32,35-38,40-61H2,1-3H3/b10-7-,19-16-,25-23-,28-27-,31-30-,34-33-,39-24-. The Morgan fingerprint density at radius 1 is 0.296 bits per heavy atom. The molecule has 6 nitrogen and oxygen atoms in total. The van der Waals surface area contributed by atoms with Crippen LogP contribution in [0.15, 0.2) is 85.1 Å². The number of hydrogen-bond donors (Lipinski definition) is 0. The lowest BCUT2D eigenvalue weighted by molar-refractivity contribution is -0.167. The highest BCUT2D eigenvalue weighted by atomic mass is 16.6. The van der Waals surface area contributed by atoms with Crippen LogP contribution in [-0.2, 0) is 28.6 Å². The van der Waals surface area contributed by atoms with Crippen molar-refractivity contribution in [2.75, 3.05) is 13.2 Å². The van der Waals surface area contributed by atoms with Crippen LogP contribution in [0.3, 0.4) is 0 Å².